The highest BCUT2D eigenvalue weighted by Crippen LogP contribution is 2.11. The van der Waals surface area contributed by atoms with Crippen molar-refractivity contribution in [2.24, 2.45) is 0 Å². The number of hydrogen-bond acceptors (Lipinski definition) is 4. The molecule has 5 heteroatoms. The quantitative estimate of drug-likeness (QED) is 0.846. The summed E-state index contributed by atoms with van der Waals surface area (Å²) in [6.07, 6.45) is 3.88. The maximum absolute atomic E-state index is 12.1. The molecule has 0 saturated heterocycles. The van der Waals surface area contributed by atoms with Gasteiger partial charge in [0.25, 0.3) is 5.88 Å². The molecule has 0 fully saturated rings. The number of nitrogens with two attached hydrogens (primary N) is 1. The highest BCUT2D eigenvalue weighted by atomic mass is 16.5. The maximum atomic E-state index is 12.1. The first-order valence-electron chi connectivity index (χ1n) is 6.63. The van der Waals surface area contributed by atoms with E-state index < -0.39 is 0 Å². The number of para-hydroxylation sites is 1. The van der Waals surface area contributed by atoms with Gasteiger partial charge in [0.2, 0.25) is 0 Å². The number of nitrogen functional groups attached to an aromatic ring is 1. The Morgan fingerprint density at radius 1 is 1.35 bits per heavy atom. The molecule has 106 valence electrons. The van der Waals surface area contributed by atoms with Crippen LogP contribution in [0.5, 0.6) is 5.88 Å². The van der Waals surface area contributed by atoms with Gasteiger partial charge in [-0.1, -0.05) is 18.2 Å². The smallest absolute Gasteiger partial charge is 0.313 e. The molecular formula is C15H19N3O2. The van der Waals surface area contributed by atoms with Gasteiger partial charge in [0.05, 0.1) is 6.61 Å². The Labute approximate surface area is 118 Å². The van der Waals surface area contributed by atoms with Gasteiger partial charge in [-0.3, -0.25) is 4.79 Å². The van der Waals surface area contributed by atoms with Crippen LogP contribution in [0.2, 0.25) is 0 Å². The van der Waals surface area contributed by atoms with Gasteiger partial charge in [-0.15, -0.1) is 0 Å². The van der Waals surface area contributed by atoms with Crippen molar-refractivity contribution < 1.29 is 4.74 Å². The van der Waals surface area contributed by atoms with Gasteiger partial charge in [0.1, 0.15) is 0 Å². The van der Waals surface area contributed by atoms with Crippen molar-refractivity contribution in [3.8, 4) is 5.88 Å². The van der Waals surface area contributed by atoms with Crippen LogP contribution in [0.25, 0.3) is 0 Å². The minimum atomic E-state index is -0.205. The van der Waals surface area contributed by atoms with Gasteiger partial charge in [0.15, 0.2) is 0 Å². The standard InChI is InChI=1S/C15H19N3O2/c1-11(2)18-9-8-17-14(15(18)19)20-10-7-12-5-3-4-6-13(12)16/h3-6,8-9,11H,7,10,16H2,1-2H3. The molecule has 0 aliphatic heterocycles. The molecule has 0 aliphatic rings. The summed E-state index contributed by atoms with van der Waals surface area (Å²) < 4.78 is 7.08. The molecule has 2 N–H and O–H groups in total. The van der Waals surface area contributed by atoms with Gasteiger partial charge < -0.3 is 15.0 Å². The van der Waals surface area contributed by atoms with Crippen molar-refractivity contribution >= 4 is 5.69 Å². The first-order chi connectivity index (χ1) is 9.59. The van der Waals surface area contributed by atoms with Gasteiger partial charge in [-0.25, -0.2) is 4.98 Å². The molecule has 0 bridgehead atoms. The summed E-state index contributed by atoms with van der Waals surface area (Å²) in [4.78, 5) is 16.1. The highest BCUT2D eigenvalue weighted by Gasteiger charge is 2.08. The molecule has 2 aromatic rings. The molecule has 1 heterocycles. The summed E-state index contributed by atoms with van der Waals surface area (Å²) in [5, 5.41) is 0. The Morgan fingerprint density at radius 3 is 2.80 bits per heavy atom. The molecule has 0 aliphatic carbocycles. The monoisotopic (exact) mass is 273 g/mol. The molecule has 0 spiro atoms. The van der Waals surface area contributed by atoms with E-state index in [0.29, 0.717) is 13.0 Å². The highest BCUT2D eigenvalue weighted by molar-refractivity contribution is 5.46. The van der Waals surface area contributed by atoms with Crippen LogP contribution in [0.1, 0.15) is 25.5 Å². The SMILES string of the molecule is CC(C)n1ccnc(OCCc2ccccc2N)c1=O. The van der Waals surface area contributed by atoms with Crippen molar-refractivity contribution in [3.63, 3.8) is 0 Å². The lowest BCUT2D eigenvalue weighted by Gasteiger charge is -2.11. The lowest BCUT2D eigenvalue weighted by molar-refractivity contribution is 0.300. The average Bonchev–Trinajstić information content (AvgIpc) is 2.42. The molecule has 0 amide bonds. The van der Waals surface area contributed by atoms with Crippen LogP contribution < -0.4 is 16.0 Å². The summed E-state index contributed by atoms with van der Waals surface area (Å²) in [5.74, 6) is 0.135. The van der Waals surface area contributed by atoms with Crippen LogP contribution in [-0.4, -0.2) is 16.2 Å². The number of nitrogens with zero attached hydrogens (tertiary/aromatic N) is 2. The van der Waals surface area contributed by atoms with E-state index in [0.717, 1.165) is 11.3 Å². The van der Waals surface area contributed by atoms with Gasteiger partial charge in [-0.2, -0.15) is 0 Å². The Bertz CT molecular complexity index is 635. The zero-order chi connectivity index (χ0) is 14.5. The van der Waals surface area contributed by atoms with Crippen molar-refractivity contribution in [1.82, 2.24) is 9.55 Å². The summed E-state index contributed by atoms with van der Waals surface area (Å²) in [6, 6.07) is 7.70. The fourth-order valence-electron chi connectivity index (χ4n) is 1.93. The largest absolute Gasteiger partial charge is 0.473 e. The topological polar surface area (TPSA) is 70.1 Å². The van der Waals surface area contributed by atoms with E-state index in [1.54, 1.807) is 17.0 Å². The number of rotatable bonds is 5. The fourth-order valence-corrected chi connectivity index (χ4v) is 1.93. The molecule has 1 aromatic heterocycles. The molecule has 2 rings (SSSR count). The van der Waals surface area contributed by atoms with Crippen molar-refractivity contribution in [2.45, 2.75) is 26.3 Å². The van der Waals surface area contributed by atoms with Gasteiger partial charge >= 0.3 is 5.56 Å². The molecular weight excluding hydrogens is 254 g/mol. The summed E-state index contributed by atoms with van der Waals surface area (Å²) >= 11 is 0. The molecule has 20 heavy (non-hydrogen) atoms. The van der Waals surface area contributed by atoms with Crippen LogP contribution in [0.3, 0.4) is 0 Å². The Balaban J connectivity index is 2.04. The van der Waals surface area contributed by atoms with Crippen LogP contribution >= 0.6 is 0 Å². The molecule has 0 atom stereocenters. The predicted octanol–water partition coefficient (Wildman–Crippen LogP) is 2.03. The second kappa shape index (κ2) is 6.23. The third-order valence-corrected chi connectivity index (χ3v) is 3.06. The zero-order valence-electron chi connectivity index (χ0n) is 11.7. The van der Waals surface area contributed by atoms with E-state index in [2.05, 4.69) is 4.98 Å². The van der Waals surface area contributed by atoms with E-state index >= 15 is 0 Å². The Kier molecular flexibility index (Phi) is 4.40. The lowest BCUT2D eigenvalue weighted by Crippen LogP contribution is -2.24. The number of hydrogen-bond donors (Lipinski definition) is 1. The Morgan fingerprint density at radius 2 is 2.10 bits per heavy atom. The molecule has 5 nitrogen and oxygen atoms in total. The van der Waals surface area contributed by atoms with Crippen molar-refractivity contribution in [3.05, 3.63) is 52.6 Å². The van der Waals surface area contributed by atoms with E-state index in [-0.39, 0.29) is 17.5 Å². The predicted molar refractivity (Wildman–Crippen MR) is 78.9 cm³/mol. The second-order valence-electron chi connectivity index (χ2n) is 4.84. The van der Waals surface area contributed by atoms with Crippen LogP contribution in [-0.2, 0) is 6.42 Å². The van der Waals surface area contributed by atoms with Crippen molar-refractivity contribution in [2.75, 3.05) is 12.3 Å². The first-order valence-corrected chi connectivity index (χ1v) is 6.63. The number of benzene rings is 1. The number of ether oxygens (including phenoxy) is 1. The summed E-state index contributed by atoms with van der Waals surface area (Å²) in [5.41, 5.74) is 7.39. The van der Waals surface area contributed by atoms with E-state index in [9.17, 15) is 4.79 Å². The van der Waals surface area contributed by atoms with E-state index in [1.807, 2.05) is 38.1 Å². The van der Waals surface area contributed by atoms with Gasteiger partial charge in [0, 0.05) is 30.5 Å². The number of anilines is 1. The Hall–Kier alpha value is -2.30. The normalized spacial score (nSPS) is 10.8. The molecule has 1 aromatic carbocycles. The third-order valence-electron chi connectivity index (χ3n) is 3.06. The lowest BCUT2D eigenvalue weighted by atomic mass is 10.1. The van der Waals surface area contributed by atoms with E-state index in [4.69, 9.17) is 10.5 Å². The third kappa shape index (κ3) is 3.17. The minimum Gasteiger partial charge on any atom is -0.473 e. The summed E-state index contributed by atoms with van der Waals surface area (Å²) in [7, 11) is 0. The van der Waals surface area contributed by atoms with Crippen molar-refractivity contribution in [1.29, 1.82) is 0 Å². The molecule has 0 unspecified atom stereocenters. The summed E-state index contributed by atoms with van der Waals surface area (Å²) in [6.45, 7) is 4.25. The van der Waals surface area contributed by atoms with Gasteiger partial charge in [-0.05, 0) is 25.5 Å². The van der Waals surface area contributed by atoms with Crippen LogP contribution in [0.4, 0.5) is 5.69 Å². The molecule has 0 radical (unpaired) electrons. The molecule has 0 saturated carbocycles. The average molecular weight is 273 g/mol. The van der Waals surface area contributed by atoms with Crippen LogP contribution in [0.15, 0.2) is 41.5 Å². The fraction of sp³-hybridized carbons (Fsp3) is 0.333. The number of aromatic nitrogens is 2. The van der Waals surface area contributed by atoms with Crippen LogP contribution in [0, 0.1) is 0 Å². The van der Waals surface area contributed by atoms with E-state index in [1.165, 1.54) is 0 Å². The minimum absolute atomic E-state index is 0.0811. The zero-order valence-corrected chi connectivity index (χ0v) is 11.7. The second-order valence-corrected chi connectivity index (χ2v) is 4.84. The first kappa shape index (κ1) is 14.1. The maximum Gasteiger partial charge on any atom is 0.313 e.